The van der Waals surface area contributed by atoms with Gasteiger partial charge in [-0.25, -0.2) is 0 Å². The van der Waals surface area contributed by atoms with E-state index in [4.69, 9.17) is 0 Å². The van der Waals surface area contributed by atoms with Crippen LogP contribution in [0.2, 0.25) is 0 Å². The Morgan fingerprint density at radius 3 is 2.39 bits per heavy atom. The number of amides is 1. The van der Waals surface area contributed by atoms with Gasteiger partial charge in [-0.2, -0.15) is 0 Å². The van der Waals surface area contributed by atoms with Crippen molar-refractivity contribution in [1.82, 2.24) is 5.32 Å². The number of hydrogen-bond acceptors (Lipinski definition) is 1. The molecule has 0 atom stereocenters. The Balaban J connectivity index is 2.02. The molecule has 0 fully saturated rings. The van der Waals surface area contributed by atoms with Gasteiger partial charge in [0.25, 0.3) is 5.91 Å². The molecule has 0 aromatic heterocycles. The van der Waals surface area contributed by atoms with E-state index in [1.165, 1.54) is 5.56 Å². The van der Waals surface area contributed by atoms with Crippen LogP contribution in [-0.4, -0.2) is 5.91 Å². The summed E-state index contributed by atoms with van der Waals surface area (Å²) in [5, 5.41) is 2.92. The highest BCUT2D eigenvalue weighted by Crippen LogP contribution is 2.10. The molecule has 0 radical (unpaired) electrons. The second-order valence-electron chi connectivity index (χ2n) is 4.47. The number of rotatable bonds is 3. The van der Waals surface area contributed by atoms with Crippen LogP contribution in [0.5, 0.6) is 0 Å². The predicted octanol–water partition coefficient (Wildman–Crippen LogP) is 3.23. The lowest BCUT2D eigenvalue weighted by molar-refractivity contribution is 0.0951. The Hall–Kier alpha value is -2.09. The Bertz CT molecular complexity index is 546. The fourth-order valence-electron chi connectivity index (χ4n) is 1.76. The van der Waals surface area contributed by atoms with Crippen molar-refractivity contribution in [1.29, 1.82) is 0 Å². The molecular weight excluding hydrogens is 222 g/mol. The molecule has 0 aliphatic heterocycles. The predicted molar refractivity (Wildman–Crippen MR) is 73.5 cm³/mol. The van der Waals surface area contributed by atoms with Gasteiger partial charge in [0.05, 0.1) is 0 Å². The molecule has 1 N–H and O–H groups in total. The van der Waals surface area contributed by atoms with Crippen molar-refractivity contribution < 1.29 is 4.79 Å². The number of hydrogen-bond donors (Lipinski definition) is 1. The topological polar surface area (TPSA) is 29.1 Å². The zero-order chi connectivity index (χ0) is 13.0. The molecule has 1 amide bonds. The SMILES string of the molecule is Cc1ccc(C(=O)NCc2ccccc2)cc1C. The summed E-state index contributed by atoms with van der Waals surface area (Å²) < 4.78 is 0. The molecule has 0 saturated carbocycles. The van der Waals surface area contributed by atoms with Crippen LogP contribution >= 0.6 is 0 Å². The molecule has 0 spiro atoms. The number of nitrogens with one attached hydrogen (secondary N) is 1. The molecule has 2 aromatic rings. The molecule has 0 bridgehead atoms. The van der Waals surface area contributed by atoms with Crippen molar-refractivity contribution in [3.63, 3.8) is 0 Å². The Kier molecular flexibility index (Phi) is 3.78. The van der Waals surface area contributed by atoms with Gasteiger partial charge in [0.1, 0.15) is 0 Å². The van der Waals surface area contributed by atoms with Gasteiger partial charge in [-0.05, 0) is 42.7 Å². The molecule has 2 rings (SSSR count). The third-order valence-electron chi connectivity index (χ3n) is 3.06. The third-order valence-corrected chi connectivity index (χ3v) is 3.06. The van der Waals surface area contributed by atoms with Gasteiger partial charge >= 0.3 is 0 Å². The van der Waals surface area contributed by atoms with Gasteiger partial charge in [-0.15, -0.1) is 0 Å². The van der Waals surface area contributed by atoms with Crippen molar-refractivity contribution in [2.45, 2.75) is 20.4 Å². The maximum Gasteiger partial charge on any atom is 0.251 e. The first-order chi connectivity index (χ1) is 8.66. The van der Waals surface area contributed by atoms with E-state index >= 15 is 0 Å². The molecule has 92 valence electrons. The monoisotopic (exact) mass is 239 g/mol. The maximum atomic E-state index is 12.0. The van der Waals surface area contributed by atoms with Gasteiger partial charge in [-0.1, -0.05) is 36.4 Å². The quantitative estimate of drug-likeness (QED) is 0.875. The second kappa shape index (κ2) is 5.50. The number of benzene rings is 2. The molecule has 2 aromatic carbocycles. The van der Waals surface area contributed by atoms with Crippen LogP contribution in [0, 0.1) is 13.8 Å². The summed E-state index contributed by atoms with van der Waals surface area (Å²) >= 11 is 0. The molecule has 0 aliphatic rings. The van der Waals surface area contributed by atoms with E-state index in [0.29, 0.717) is 12.1 Å². The molecule has 2 heteroatoms. The highest BCUT2D eigenvalue weighted by atomic mass is 16.1. The van der Waals surface area contributed by atoms with E-state index in [1.54, 1.807) is 0 Å². The fraction of sp³-hybridized carbons (Fsp3) is 0.188. The third kappa shape index (κ3) is 2.98. The highest BCUT2D eigenvalue weighted by Gasteiger charge is 2.05. The minimum atomic E-state index is -0.0260. The van der Waals surface area contributed by atoms with Crippen LogP contribution in [0.1, 0.15) is 27.0 Å². The van der Waals surface area contributed by atoms with Crippen molar-refractivity contribution in [2.75, 3.05) is 0 Å². The van der Waals surface area contributed by atoms with Crippen LogP contribution < -0.4 is 5.32 Å². The van der Waals surface area contributed by atoms with Gasteiger partial charge in [0, 0.05) is 12.1 Å². The molecule has 0 aliphatic carbocycles. The lowest BCUT2D eigenvalue weighted by atomic mass is 10.1. The Labute approximate surface area is 108 Å². The summed E-state index contributed by atoms with van der Waals surface area (Å²) in [4.78, 5) is 12.0. The smallest absolute Gasteiger partial charge is 0.251 e. The van der Waals surface area contributed by atoms with Gasteiger partial charge in [0.15, 0.2) is 0 Å². The van der Waals surface area contributed by atoms with E-state index in [-0.39, 0.29) is 5.91 Å². The Morgan fingerprint density at radius 1 is 1.00 bits per heavy atom. The van der Waals surface area contributed by atoms with Crippen molar-refractivity contribution in [2.24, 2.45) is 0 Å². The van der Waals surface area contributed by atoms with Crippen LogP contribution in [0.3, 0.4) is 0 Å². The largest absolute Gasteiger partial charge is 0.348 e. The van der Waals surface area contributed by atoms with Crippen LogP contribution in [0.25, 0.3) is 0 Å². The first-order valence-electron chi connectivity index (χ1n) is 6.06. The highest BCUT2D eigenvalue weighted by molar-refractivity contribution is 5.94. The molecule has 0 unspecified atom stereocenters. The Morgan fingerprint density at radius 2 is 1.72 bits per heavy atom. The summed E-state index contributed by atoms with van der Waals surface area (Å²) in [6.45, 7) is 4.62. The van der Waals surface area contributed by atoms with Gasteiger partial charge < -0.3 is 5.32 Å². The molecule has 0 saturated heterocycles. The summed E-state index contributed by atoms with van der Waals surface area (Å²) in [5.74, 6) is -0.0260. The number of carbonyl (C=O) groups excluding carboxylic acids is 1. The molecule has 0 heterocycles. The summed E-state index contributed by atoms with van der Waals surface area (Å²) in [6.07, 6.45) is 0. The standard InChI is InChI=1S/C16H17NO/c1-12-8-9-15(10-13(12)2)16(18)17-11-14-6-4-3-5-7-14/h3-10H,11H2,1-2H3,(H,17,18). The zero-order valence-electron chi connectivity index (χ0n) is 10.7. The minimum absolute atomic E-state index is 0.0260. The van der Waals surface area contributed by atoms with E-state index in [1.807, 2.05) is 62.4 Å². The van der Waals surface area contributed by atoms with Gasteiger partial charge in [0.2, 0.25) is 0 Å². The molecule has 18 heavy (non-hydrogen) atoms. The van der Waals surface area contributed by atoms with Crippen LogP contribution in [-0.2, 0) is 6.54 Å². The second-order valence-corrected chi connectivity index (χ2v) is 4.47. The average Bonchev–Trinajstić information content (AvgIpc) is 2.40. The summed E-state index contributed by atoms with van der Waals surface area (Å²) in [5.41, 5.74) is 4.17. The number of aryl methyl sites for hydroxylation is 2. The fourth-order valence-corrected chi connectivity index (χ4v) is 1.76. The van der Waals surface area contributed by atoms with Gasteiger partial charge in [-0.3, -0.25) is 4.79 Å². The van der Waals surface area contributed by atoms with E-state index in [9.17, 15) is 4.79 Å². The van der Waals surface area contributed by atoms with Crippen LogP contribution in [0.4, 0.5) is 0 Å². The van der Waals surface area contributed by atoms with E-state index in [0.717, 1.165) is 11.1 Å². The van der Waals surface area contributed by atoms with Crippen LogP contribution in [0.15, 0.2) is 48.5 Å². The van der Waals surface area contributed by atoms with E-state index in [2.05, 4.69) is 5.32 Å². The zero-order valence-corrected chi connectivity index (χ0v) is 10.7. The lowest BCUT2D eigenvalue weighted by Gasteiger charge is -2.07. The van der Waals surface area contributed by atoms with Crippen molar-refractivity contribution >= 4 is 5.91 Å². The first kappa shape index (κ1) is 12.4. The molecular formula is C16H17NO. The maximum absolute atomic E-state index is 12.0. The molecule has 2 nitrogen and oxygen atoms in total. The first-order valence-corrected chi connectivity index (χ1v) is 6.06. The lowest BCUT2D eigenvalue weighted by Crippen LogP contribution is -2.22. The summed E-state index contributed by atoms with van der Waals surface area (Å²) in [7, 11) is 0. The van der Waals surface area contributed by atoms with Crippen molar-refractivity contribution in [3.05, 3.63) is 70.8 Å². The average molecular weight is 239 g/mol. The normalized spacial score (nSPS) is 10.1. The summed E-state index contributed by atoms with van der Waals surface area (Å²) in [6, 6.07) is 15.7. The van der Waals surface area contributed by atoms with E-state index < -0.39 is 0 Å². The van der Waals surface area contributed by atoms with Crippen molar-refractivity contribution in [3.8, 4) is 0 Å². The number of carbonyl (C=O) groups is 1. The minimum Gasteiger partial charge on any atom is -0.348 e.